The van der Waals surface area contributed by atoms with Gasteiger partial charge in [-0.25, -0.2) is 4.79 Å². The van der Waals surface area contributed by atoms with Gasteiger partial charge in [0, 0.05) is 25.0 Å². The number of carbonyl (C=O) groups excluding carboxylic acids is 1. The molecule has 1 rings (SSSR count). The Morgan fingerprint density at radius 2 is 2.44 bits per heavy atom. The Bertz CT molecular complexity index is 371. The molecule has 100 valence electrons. The quantitative estimate of drug-likeness (QED) is 0.503. The molecule has 0 aromatic rings. The average Bonchev–Trinajstić information content (AvgIpc) is 2.34. The third-order valence-electron chi connectivity index (χ3n) is 2.99. The molecule has 0 aromatic heterocycles. The van der Waals surface area contributed by atoms with Crippen molar-refractivity contribution in [3.63, 3.8) is 0 Å². The van der Waals surface area contributed by atoms with Gasteiger partial charge in [0.1, 0.15) is 6.10 Å². The number of aliphatic hydroxyl groups is 1. The predicted molar refractivity (Wildman–Crippen MR) is 68.7 cm³/mol. The number of amides is 1. The number of rotatable bonds is 4. The van der Waals surface area contributed by atoms with E-state index in [1.165, 1.54) is 0 Å². The minimum atomic E-state index is -0.633. The summed E-state index contributed by atoms with van der Waals surface area (Å²) >= 11 is 0. The first-order valence-corrected chi connectivity index (χ1v) is 6.07. The number of aliphatic hydroxyl groups excluding tert-OH is 1. The number of hydrogen-bond acceptors (Lipinski definition) is 4. The summed E-state index contributed by atoms with van der Waals surface area (Å²) in [6, 6.07) is 0. The molecule has 4 N–H and O–H groups in total. The van der Waals surface area contributed by atoms with Gasteiger partial charge in [-0.2, -0.15) is 0 Å². The number of terminal acetylenes is 1. The molecule has 0 aromatic carbocycles. The highest BCUT2D eigenvalue weighted by molar-refractivity contribution is 5.67. The maximum absolute atomic E-state index is 11.4. The van der Waals surface area contributed by atoms with Crippen LogP contribution in [0.5, 0.6) is 0 Å². The molecule has 0 spiro atoms. The molecule has 18 heavy (non-hydrogen) atoms. The van der Waals surface area contributed by atoms with Crippen LogP contribution < -0.4 is 11.1 Å². The lowest BCUT2D eigenvalue weighted by Crippen LogP contribution is -2.34. The summed E-state index contributed by atoms with van der Waals surface area (Å²) in [5.74, 6) is 2.53. The van der Waals surface area contributed by atoms with Crippen LogP contribution in [0.4, 0.5) is 4.79 Å². The van der Waals surface area contributed by atoms with Gasteiger partial charge in [0.05, 0.1) is 6.10 Å². The van der Waals surface area contributed by atoms with Crippen molar-refractivity contribution in [3.05, 3.63) is 11.1 Å². The first-order valence-electron chi connectivity index (χ1n) is 6.07. The Morgan fingerprint density at radius 1 is 1.72 bits per heavy atom. The molecule has 0 fully saturated rings. The highest BCUT2D eigenvalue weighted by atomic mass is 16.6. The molecule has 0 bridgehead atoms. The smallest absolute Gasteiger partial charge is 0.407 e. The van der Waals surface area contributed by atoms with Gasteiger partial charge in [0.25, 0.3) is 0 Å². The topological polar surface area (TPSA) is 84.6 Å². The molecular weight excluding hydrogens is 232 g/mol. The second-order valence-electron chi connectivity index (χ2n) is 4.36. The summed E-state index contributed by atoms with van der Waals surface area (Å²) in [6.07, 6.45) is 5.45. The first kappa shape index (κ1) is 14.6. The van der Waals surface area contributed by atoms with E-state index in [0.29, 0.717) is 37.9 Å². The van der Waals surface area contributed by atoms with E-state index in [4.69, 9.17) is 16.9 Å². The fourth-order valence-corrected chi connectivity index (χ4v) is 1.85. The molecule has 5 nitrogen and oxygen atoms in total. The van der Waals surface area contributed by atoms with Gasteiger partial charge in [0.2, 0.25) is 0 Å². The van der Waals surface area contributed by atoms with Crippen LogP contribution in [-0.2, 0) is 4.74 Å². The summed E-state index contributed by atoms with van der Waals surface area (Å²) < 4.78 is 5.21. The van der Waals surface area contributed by atoms with Crippen LogP contribution in [0.2, 0.25) is 0 Å². The Labute approximate surface area is 107 Å². The zero-order chi connectivity index (χ0) is 13.5. The van der Waals surface area contributed by atoms with Crippen molar-refractivity contribution in [1.29, 1.82) is 0 Å². The minimum absolute atomic E-state index is 0.368. The first-order chi connectivity index (χ1) is 8.58. The monoisotopic (exact) mass is 252 g/mol. The number of nitrogens with two attached hydrogens (primary N) is 1. The van der Waals surface area contributed by atoms with Crippen molar-refractivity contribution in [2.75, 3.05) is 13.1 Å². The van der Waals surface area contributed by atoms with Gasteiger partial charge in [-0.15, -0.1) is 6.42 Å². The van der Waals surface area contributed by atoms with Gasteiger partial charge in [-0.1, -0.05) is 5.92 Å². The van der Waals surface area contributed by atoms with Crippen molar-refractivity contribution in [2.24, 2.45) is 5.73 Å². The normalized spacial score (nSPS) is 23.4. The highest BCUT2D eigenvalue weighted by Gasteiger charge is 2.27. The van der Waals surface area contributed by atoms with E-state index in [1.807, 2.05) is 0 Å². The SMILES string of the molecule is C#CC1=C(C)[C@@H](O)C[C@H](OC(=O)NCCCN)C1. The van der Waals surface area contributed by atoms with Crippen LogP contribution >= 0.6 is 0 Å². The Balaban J connectivity index is 2.46. The van der Waals surface area contributed by atoms with Crippen LogP contribution in [0.1, 0.15) is 26.2 Å². The molecule has 0 saturated carbocycles. The lowest BCUT2D eigenvalue weighted by molar-refractivity contribution is 0.0572. The van der Waals surface area contributed by atoms with E-state index in [-0.39, 0.29) is 6.10 Å². The molecule has 0 saturated heterocycles. The molecule has 2 atom stereocenters. The van der Waals surface area contributed by atoms with Crippen LogP contribution in [0.25, 0.3) is 0 Å². The third-order valence-corrected chi connectivity index (χ3v) is 2.99. The largest absolute Gasteiger partial charge is 0.446 e. The zero-order valence-electron chi connectivity index (χ0n) is 10.6. The molecular formula is C13H20N2O3. The van der Waals surface area contributed by atoms with E-state index in [1.54, 1.807) is 6.92 Å². The van der Waals surface area contributed by atoms with Crippen LogP contribution in [0.3, 0.4) is 0 Å². The molecule has 0 heterocycles. The summed E-state index contributed by atoms with van der Waals surface area (Å²) in [4.78, 5) is 11.4. The summed E-state index contributed by atoms with van der Waals surface area (Å²) in [7, 11) is 0. The fourth-order valence-electron chi connectivity index (χ4n) is 1.85. The lowest BCUT2D eigenvalue weighted by atomic mass is 9.89. The second kappa shape index (κ2) is 7.04. The van der Waals surface area contributed by atoms with Gasteiger partial charge in [0.15, 0.2) is 0 Å². The number of carbonyl (C=O) groups is 1. The van der Waals surface area contributed by atoms with Gasteiger partial charge >= 0.3 is 6.09 Å². The number of nitrogens with one attached hydrogen (secondary N) is 1. The van der Waals surface area contributed by atoms with Crippen LogP contribution in [0.15, 0.2) is 11.1 Å². The summed E-state index contributed by atoms with van der Waals surface area (Å²) in [5.41, 5.74) is 6.82. The number of ether oxygens (including phenoxy) is 1. The fraction of sp³-hybridized carbons (Fsp3) is 0.615. The molecule has 1 amide bonds. The summed E-state index contributed by atoms with van der Waals surface area (Å²) in [5, 5.41) is 12.4. The molecule has 0 unspecified atom stereocenters. The van der Waals surface area contributed by atoms with Crippen LogP contribution in [-0.4, -0.2) is 36.5 Å². The van der Waals surface area contributed by atoms with Gasteiger partial charge < -0.3 is 20.9 Å². The third kappa shape index (κ3) is 4.06. The van der Waals surface area contributed by atoms with E-state index in [2.05, 4.69) is 11.2 Å². The average molecular weight is 252 g/mol. The standard InChI is InChI=1S/C13H20N2O3/c1-3-10-7-11(8-12(16)9(10)2)18-13(17)15-6-4-5-14/h1,11-12,16H,4-8,14H2,2H3,(H,15,17)/t11-,12+/m1/s1. The van der Waals surface area contributed by atoms with E-state index in [9.17, 15) is 9.90 Å². The molecule has 1 aliphatic carbocycles. The van der Waals surface area contributed by atoms with Crippen LogP contribution in [0, 0.1) is 12.3 Å². The molecule has 5 heteroatoms. The zero-order valence-corrected chi connectivity index (χ0v) is 10.6. The van der Waals surface area contributed by atoms with Crippen molar-refractivity contribution in [3.8, 4) is 12.3 Å². The second-order valence-corrected chi connectivity index (χ2v) is 4.36. The molecule has 0 radical (unpaired) electrons. The lowest BCUT2D eigenvalue weighted by Gasteiger charge is -2.27. The van der Waals surface area contributed by atoms with Gasteiger partial charge in [-0.3, -0.25) is 0 Å². The van der Waals surface area contributed by atoms with Crippen molar-refractivity contribution >= 4 is 6.09 Å². The molecule has 0 aliphatic heterocycles. The van der Waals surface area contributed by atoms with E-state index >= 15 is 0 Å². The van der Waals surface area contributed by atoms with Gasteiger partial charge in [-0.05, 0) is 25.5 Å². The summed E-state index contributed by atoms with van der Waals surface area (Å²) in [6.45, 7) is 2.81. The predicted octanol–water partition coefficient (Wildman–Crippen LogP) is 0.534. The number of hydrogen-bond donors (Lipinski definition) is 3. The highest BCUT2D eigenvalue weighted by Crippen LogP contribution is 2.26. The van der Waals surface area contributed by atoms with Crippen molar-refractivity contribution < 1.29 is 14.6 Å². The molecule has 1 aliphatic rings. The minimum Gasteiger partial charge on any atom is -0.446 e. The van der Waals surface area contributed by atoms with E-state index in [0.717, 1.165) is 5.57 Å². The number of alkyl carbamates (subject to hydrolysis) is 1. The Hall–Kier alpha value is -1.51. The Kier molecular flexibility index (Phi) is 5.69. The van der Waals surface area contributed by atoms with Crippen molar-refractivity contribution in [1.82, 2.24) is 5.32 Å². The van der Waals surface area contributed by atoms with Crippen molar-refractivity contribution in [2.45, 2.75) is 38.4 Å². The van der Waals surface area contributed by atoms with E-state index < -0.39 is 12.2 Å². The maximum Gasteiger partial charge on any atom is 0.407 e. The maximum atomic E-state index is 11.4. The Morgan fingerprint density at radius 3 is 3.06 bits per heavy atom.